The van der Waals surface area contributed by atoms with Crippen LogP contribution in [0.25, 0.3) is 0 Å². The molecule has 0 radical (unpaired) electrons. The van der Waals surface area contributed by atoms with Crippen molar-refractivity contribution >= 4 is 29.6 Å². The zero-order valence-corrected chi connectivity index (χ0v) is 36.1. The Kier molecular flexibility index (Phi) is 17.3. The fourth-order valence-electron chi connectivity index (χ4n) is 8.15. The highest BCUT2D eigenvalue weighted by molar-refractivity contribution is 5.92. The molecule has 3 rings (SSSR count). The number of carbonyl (C=O) groups excluding carboxylic acids is 5. The first-order chi connectivity index (χ1) is 26.3. The quantitative estimate of drug-likeness (QED) is 0.175. The molecule has 2 aliphatic rings. The summed E-state index contributed by atoms with van der Waals surface area (Å²) in [4.78, 5) is 72.5. The number of hydrogen-bond donors (Lipinski definition) is 3. The lowest BCUT2D eigenvalue weighted by molar-refractivity contribution is -0.159. The molecule has 4 amide bonds. The number of nitrogens with zero attached hydrogens (tertiary/aromatic N) is 2. The summed E-state index contributed by atoms with van der Waals surface area (Å²) in [5.74, 6) is -2.40. The largest absolute Gasteiger partial charge is 0.458 e. The van der Waals surface area contributed by atoms with Gasteiger partial charge in [0.25, 0.3) is 0 Å². The first kappa shape index (κ1) is 46.8. The summed E-state index contributed by atoms with van der Waals surface area (Å²) in [6, 6.07) is 6.91. The number of likely N-dealkylation sites (N-methyl/N-ethyl adjacent to an activating group) is 1. The van der Waals surface area contributed by atoms with Crippen LogP contribution in [-0.4, -0.2) is 121 Å². The number of amides is 4. The third kappa shape index (κ3) is 12.2. The normalized spacial score (nSPS) is 22.4. The number of esters is 1. The second-order valence-electron chi connectivity index (χ2n) is 17.4. The van der Waals surface area contributed by atoms with Crippen molar-refractivity contribution in [2.24, 2.45) is 17.8 Å². The number of hydrogen-bond acceptors (Lipinski definition) is 9. The molecular weight excluding hydrogens is 714 g/mol. The predicted octanol–water partition coefficient (Wildman–Crippen LogP) is 4.26. The third-order valence-corrected chi connectivity index (χ3v) is 11.6. The molecule has 0 saturated carbocycles. The van der Waals surface area contributed by atoms with Gasteiger partial charge in [-0.25, -0.2) is 4.79 Å². The maximum atomic E-state index is 14.3. The van der Waals surface area contributed by atoms with Crippen molar-refractivity contribution < 1.29 is 38.2 Å². The Morgan fingerprint density at radius 3 is 2.20 bits per heavy atom. The minimum atomic E-state index is -0.920. The molecular formula is C43H71N5O8. The lowest BCUT2D eigenvalue weighted by atomic mass is 9.89. The van der Waals surface area contributed by atoms with E-state index in [1.165, 1.54) is 7.11 Å². The van der Waals surface area contributed by atoms with E-state index >= 15 is 0 Å². The second-order valence-corrected chi connectivity index (χ2v) is 17.4. The Bertz CT molecular complexity index is 1460. The van der Waals surface area contributed by atoms with Crippen LogP contribution in [0.15, 0.2) is 30.3 Å². The first-order valence-corrected chi connectivity index (χ1v) is 20.5. The molecule has 13 heteroatoms. The average Bonchev–Trinajstić information content (AvgIpc) is 3.82. The van der Waals surface area contributed by atoms with Gasteiger partial charge in [-0.15, -0.1) is 0 Å². The van der Waals surface area contributed by atoms with E-state index < -0.39 is 59.4 Å². The van der Waals surface area contributed by atoms with Gasteiger partial charge in [-0.05, 0) is 77.3 Å². The first-order valence-electron chi connectivity index (χ1n) is 20.5. The number of benzene rings is 1. The molecule has 0 bridgehead atoms. The Morgan fingerprint density at radius 1 is 1.00 bits per heavy atom. The van der Waals surface area contributed by atoms with E-state index in [1.54, 1.807) is 51.7 Å². The number of nitrogens with one attached hydrogen (secondary N) is 3. The fraction of sp³-hybridized carbons (Fsp3) is 0.744. The molecule has 1 aromatic carbocycles. The van der Waals surface area contributed by atoms with Crippen LogP contribution < -0.4 is 16.0 Å². The van der Waals surface area contributed by atoms with Crippen LogP contribution in [0.4, 0.5) is 0 Å². The van der Waals surface area contributed by atoms with Crippen molar-refractivity contribution in [3.05, 3.63) is 35.9 Å². The zero-order chi connectivity index (χ0) is 42.0. The molecule has 3 N–H and O–H groups in total. The zero-order valence-electron chi connectivity index (χ0n) is 36.1. The highest BCUT2D eigenvalue weighted by atomic mass is 16.6. The molecule has 1 aromatic rings. The predicted molar refractivity (Wildman–Crippen MR) is 216 cm³/mol. The van der Waals surface area contributed by atoms with Crippen LogP contribution in [0.2, 0.25) is 0 Å². The number of rotatable bonds is 19. The van der Waals surface area contributed by atoms with E-state index in [0.717, 1.165) is 31.4 Å². The van der Waals surface area contributed by atoms with Crippen molar-refractivity contribution in [1.29, 1.82) is 0 Å². The Hall–Kier alpha value is -3.55. The van der Waals surface area contributed by atoms with Crippen LogP contribution in [0.5, 0.6) is 0 Å². The van der Waals surface area contributed by atoms with E-state index in [-0.39, 0.29) is 48.3 Å². The highest BCUT2D eigenvalue weighted by Gasteiger charge is 2.44. The van der Waals surface area contributed by atoms with Gasteiger partial charge in [0.1, 0.15) is 17.7 Å². The standard InChI is InChI=1S/C43H71N5O8/c1-13-28(4)36(47(10)39(51)35(27(2)3)46-41(53)43(9)22-18-23-44-43)33(54-11)26-34(49)48-24-17-21-32(48)37(55-12)29(5)38(50)45-31(40(52)56-42(6,7)8)25-30-19-15-14-16-20-30/h14-16,19-20,27-29,31-33,35-37,44H,13,17-18,21-26H2,1-12H3,(H,45,50)(H,46,53)/t28-,29+,31-,32-,33+,35-,36-,37+,43-/m0/s1. The molecule has 0 aromatic heterocycles. The molecule has 2 fully saturated rings. The van der Waals surface area contributed by atoms with Crippen LogP contribution in [0, 0.1) is 17.8 Å². The maximum Gasteiger partial charge on any atom is 0.329 e. The van der Waals surface area contributed by atoms with Crippen molar-refractivity contribution in [2.45, 2.75) is 155 Å². The van der Waals surface area contributed by atoms with E-state index in [4.69, 9.17) is 14.2 Å². The fourth-order valence-corrected chi connectivity index (χ4v) is 8.15. The Morgan fingerprint density at radius 2 is 1.66 bits per heavy atom. The maximum absolute atomic E-state index is 14.3. The molecule has 9 atom stereocenters. The lowest BCUT2D eigenvalue weighted by Gasteiger charge is -2.41. The SMILES string of the molecule is CC[C@H](C)[C@@H]([C@@H](CC(=O)N1CCC[C@H]1[C@H](OC)[C@@H](C)C(=O)N[C@@H](Cc1ccccc1)C(=O)OC(C)(C)C)OC)N(C)C(=O)[C@@H](NC(=O)[C@]1(C)CCCN1)C(C)C. The highest BCUT2D eigenvalue weighted by Crippen LogP contribution is 2.30. The van der Waals surface area contributed by atoms with E-state index in [0.29, 0.717) is 19.4 Å². The Labute approximate surface area is 335 Å². The summed E-state index contributed by atoms with van der Waals surface area (Å²) in [7, 11) is 4.83. The molecule has 0 aliphatic carbocycles. The number of carbonyl (C=O) groups is 5. The summed E-state index contributed by atoms with van der Waals surface area (Å²) in [6.45, 7) is 18.1. The van der Waals surface area contributed by atoms with Gasteiger partial charge in [0, 0.05) is 34.2 Å². The van der Waals surface area contributed by atoms with Gasteiger partial charge in [0.2, 0.25) is 23.6 Å². The van der Waals surface area contributed by atoms with Crippen molar-refractivity contribution in [1.82, 2.24) is 25.8 Å². The van der Waals surface area contributed by atoms with E-state index in [2.05, 4.69) is 16.0 Å². The molecule has 0 unspecified atom stereocenters. The van der Waals surface area contributed by atoms with Crippen LogP contribution >= 0.6 is 0 Å². The van der Waals surface area contributed by atoms with E-state index in [9.17, 15) is 24.0 Å². The lowest BCUT2D eigenvalue weighted by Crippen LogP contribution is -2.61. The van der Waals surface area contributed by atoms with Gasteiger partial charge in [0.15, 0.2) is 0 Å². The van der Waals surface area contributed by atoms with Gasteiger partial charge < -0.3 is 40.0 Å². The monoisotopic (exact) mass is 786 g/mol. The molecule has 56 heavy (non-hydrogen) atoms. The van der Waals surface area contributed by atoms with Gasteiger partial charge in [-0.3, -0.25) is 19.2 Å². The number of ether oxygens (including phenoxy) is 3. The number of likely N-dealkylation sites (tertiary alicyclic amines) is 1. The van der Waals surface area contributed by atoms with Gasteiger partial charge in [0.05, 0.1) is 42.2 Å². The summed E-state index contributed by atoms with van der Waals surface area (Å²) in [6.07, 6.45) is 2.66. The van der Waals surface area contributed by atoms with Crippen molar-refractivity contribution in [2.75, 3.05) is 34.4 Å². The van der Waals surface area contributed by atoms with Gasteiger partial charge in [-0.2, -0.15) is 0 Å². The van der Waals surface area contributed by atoms with Crippen LogP contribution in [-0.2, 0) is 44.6 Å². The topological polar surface area (TPSA) is 156 Å². The molecule has 2 aliphatic heterocycles. The van der Waals surface area contributed by atoms with Crippen molar-refractivity contribution in [3.8, 4) is 0 Å². The molecule has 13 nitrogen and oxygen atoms in total. The summed E-state index contributed by atoms with van der Waals surface area (Å²) in [5.41, 5.74) is -0.589. The smallest absolute Gasteiger partial charge is 0.329 e. The molecule has 0 spiro atoms. The minimum Gasteiger partial charge on any atom is -0.458 e. The van der Waals surface area contributed by atoms with Gasteiger partial charge in [-0.1, -0.05) is 71.4 Å². The molecule has 316 valence electrons. The van der Waals surface area contributed by atoms with Crippen LogP contribution in [0.3, 0.4) is 0 Å². The van der Waals surface area contributed by atoms with Gasteiger partial charge >= 0.3 is 5.97 Å². The Balaban J connectivity index is 1.79. The number of methoxy groups -OCH3 is 2. The summed E-state index contributed by atoms with van der Waals surface area (Å²) >= 11 is 0. The molecule has 2 saturated heterocycles. The minimum absolute atomic E-state index is 0.00906. The van der Waals surface area contributed by atoms with Crippen LogP contribution in [0.1, 0.15) is 106 Å². The second kappa shape index (κ2) is 20.7. The molecule has 2 heterocycles. The summed E-state index contributed by atoms with van der Waals surface area (Å²) in [5, 5.41) is 9.25. The average molecular weight is 786 g/mol. The summed E-state index contributed by atoms with van der Waals surface area (Å²) < 4.78 is 17.7. The van der Waals surface area contributed by atoms with Crippen molar-refractivity contribution in [3.63, 3.8) is 0 Å². The third-order valence-electron chi connectivity index (χ3n) is 11.6. The van der Waals surface area contributed by atoms with E-state index in [1.807, 2.05) is 65.0 Å².